The highest BCUT2D eigenvalue weighted by Crippen LogP contribution is 2.31. The molecule has 1 aliphatic rings. The monoisotopic (exact) mass is 378 g/mol. The minimum absolute atomic E-state index is 0.0757. The van der Waals surface area contributed by atoms with E-state index in [4.69, 9.17) is 27.9 Å². The van der Waals surface area contributed by atoms with Crippen LogP contribution in [0.2, 0.25) is 10.0 Å². The topological polar surface area (TPSA) is 58.6 Å². The average Bonchev–Trinajstić information content (AvgIpc) is 2.86. The van der Waals surface area contributed by atoms with Crippen LogP contribution < -0.4 is 15.0 Å². The van der Waals surface area contributed by atoms with Gasteiger partial charge in [-0.15, -0.1) is 0 Å². The van der Waals surface area contributed by atoms with E-state index in [9.17, 15) is 9.59 Å². The lowest BCUT2D eigenvalue weighted by atomic mass is 10.2. The summed E-state index contributed by atoms with van der Waals surface area (Å²) in [5.74, 6) is 0.142. The summed E-state index contributed by atoms with van der Waals surface area (Å²) in [7, 11) is 0. The molecule has 3 rings (SSSR count). The maximum Gasteiger partial charge on any atom is 0.256 e. The van der Waals surface area contributed by atoms with Gasteiger partial charge in [-0.25, -0.2) is 4.90 Å². The first-order valence-electron chi connectivity index (χ1n) is 7.81. The van der Waals surface area contributed by atoms with E-state index < -0.39 is 6.04 Å². The highest BCUT2D eigenvalue weighted by Gasteiger charge is 2.39. The van der Waals surface area contributed by atoms with Crippen molar-refractivity contribution in [3.05, 3.63) is 52.5 Å². The summed E-state index contributed by atoms with van der Waals surface area (Å²) in [4.78, 5) is 26.1. The van der Waals surface area contributed by atoms with Gasteiger partial charge in [0.05, 0.1) is 28.8 Å². The second-order valence-corrected chi connectivity index (χ2v) is 6.34. The van der Waals surface area contributed by atoms with Crippen LogP contribution in [0.4, 0.5) is 11.4 Å². The van der Waals surface area contributed by atoms with Gasteiger partial charge in [0.25, 0.3) is 5.91 Å². The first-order chi connectivity index (χ1) is 12.0. The van der Waals surface area contributed by atoms with Crippen LogP contribution in [-0.2, 0) is 9.59 Å². The van der Waals surface area contributed by atoms with Crippen molar-refractivity contribution in [2.24, 2.45) is 0 Å². The van der Waals surface area contributed by atoms with Crippen LogP contribution in [0, 0.1) is 0 Å². The fraction of sp³-hybridized carbons (Fsp3) is 0.222. The van der Waals surface area contributed by atoms with E-state index in [0.29, 0.717) is 22.3 Å². The second kappa shape index (κ2) is 7.33. The molecule has 7 heteroatoms. The van der Waals surface area contributed by atoms with Crippen molar-refractivity contribution >= 4 is 46.4 Å². The highest BCUT2D eigenvalue weighted by atomic mass is 35.5. The number of carbonyl (C=O) groups is 2. The van der Waals surface area contributed by atoms with Crippen LogP contribution in [0.25, 0.3) is 0 Å². The fourth-order valence-corrected chi connectivity index (χ4v) is 2.95. The maximum atomic E-state index is 12.6. The minimum Gasteiger partial charge on any atom is -0.494 e. The molecule has 1 heterocycles. The van der Waals surface area contributed by atoms with E-state index >= 15 is 0 Å². The molecule has 1 atom stereocenters. The normalized spacial score (nSPS) is 17.1. The smallest absolute Gasteiger partial charge is 0.256 e. The summed E-state index contributed by atoms with van der Waals surface area (Å²) < 4.78 is 5.38. The van der Waals surface area contributed by atoms with Crippen LogP contribution in [0.5, 0.6) is 5.75 Å². The number of carbonyl (C=O) groups excluding carboxylic acids is 2. The molecular formula is C18H16Cl2N2O3. The third-order valence-electron chi connectivity index (χ3n) is 3.81. The van der Waals surface area contributed by atoms with Gasteiger partial charge in [0.1, 0.15) is 11.8 Å². The predicted octanol–water partition coefficient (Wildman–Crippen LogP) is 4.14. The molecule has 5 nitrogen and oxygen atoms in total. The zero-order valence-corrected chi connectivity index (χ0v) is 15.0. The zero-order valence-electron chi connectivity index (χ0n) is 13.5. The van der Waals surface area contributed by atoms with Gasteiger partial charge >= 0.3 is 0 Å². The summed E-state index contributed by atoms with van der Waals surface area (Å²) in [6, 6.07) is 11.3. The van der Waals surface area contributed by atoms with Gasteiger partial charge < -0.3 is 10.1 Å². The number of nitrogens with zero attached hydrogens (tertiary/aromatic N) is 1. The number of nitrogens with one attached hydrogen (secondary N) is 1. The average molecular weight is 379 g/mol. The summed E-state index contributed by atoms with van der Waals surface area (Å²) in [5, 5.41) is 3.75. The Labute approximate surface area is 155 Å². The lowest BCUT2D eigenvalue weighted by Crippen LogP contribution is -2.34. The molecule has 1 N–H and O–H groups in total. The quantitative estimate of drug-likeness (QED) is 0.794. The third-order valence-corrected chi connectivity index (χ3v) is 4.55. The van der Waals surface area contributed by atoms with Gasteiger partial charge in [-0.1, -0.05) is 23.2 Å². The van der Waals surface area contributed by atoms with Gasteiger partial charge in [0.2, 0.25) is 5.91 Å². The number of hydrogen-bond donors (Lipinski definition) is 1. The number of hydrogen-bond acceptors (Lipinski definition) is 4. The van der Waals surface area contributed by atoms with E-state index in [1.54, 1.807) is 12.1 Å². The van der Waals surface area contributed by atoms with Crippen LogP contribution in [-0.4, -0.2) is 24.5 Å². The molecule has 0 aromatic heterocycles. The van der Waals surface area contributed by atoms with E-state index in [2.05, 4.69) is 5.32 Å². The molecule has 1 aliphatic heterocycles. The molecule has 0 aliphatic carbocycles. The van der Waals surface area contributed by atoms with Crippen LogP contribution in [0.15, 0.2) is 42.5 Å². The van der Waals surface area contributed by atoms with E-state index in [1.807, 2.05) is 31.2 Å². The van der Waals surface area contributed by atoms with E-state index in [-0.39, 0.29) is 18.2 Å². The number of amides is 2. The molecule has 0 bridgehead atoms. The Morgan fingerprint density at radius 3 is 2.48 bits per heavy atom. The second-order valence-electron chi connectivity index (χ2n) is 5.52. The van der Waals surface area contributed by atoms with Crippen molar-refractivity contribution < 1.29 is 14.3 Å². The van der Waals surface area contributed by atoms with E-state index in [0.717, 1.165) is 16.3 Å². The van der Waals surface area contributed by atoms with Gasteiger partial charge in [-0.2, -0.15) is 0 Å². The summed E-state index contributed by atoms with van der Waals surface area (Å²) in [6.45, 7) is 2.49. The van der Waals surface area contributed by atoms with Crippen molar-refractivity contribution in [2.75, 3.05) is 16.8 Å². The molecule has 1 fully saturated rings. The first kappa shape index (κ1) is 17.6. The highest BCUT2D eigenvalue weighted by molar-refractivity contribution is 6.42. The van der Waals surface area contributed by atoms with Gasteiger partial charge in [0, 0.05) is 5.69 Å². The van der Waals surface area contributed by atoms with Crippen molar-refractivity contribution in [3.63, 3.8) is 0 Å². The standard InChI is InChI=1S/C18H16Cl2N2O3/c1-2-25-13-6-3-11(4-7-13)21-16-10-17(23)22(18(16)24)12-5-8-14(19)15(20)9-12/h3-9,16,21H,2,10H2,1H3/t16-/m1/s1. The SMILES string of the molecule is CCOc1ccc(N[C@@H]2CC(=O)N(c3ccc(Cl)c(Cl)c3)C2=O)cc1. The van der Waals surface area contributed by atoms with Crippen molar-refractivity contribution in [1.29, 1.82) is 0 Å². The Morgan fingerprint density at radius 1 is 1.12 bits per heavy atom. The lowest BCUT2D eigenvalue weighted by molar-refractivity contribution is -0.121. The molecule has 0 saturated carbocycles. The maximum absolute atomic E-state index is 12.6. The molecule has 0 unspecified atom stereocenters. The summed E-state index contributed by atoms with van der Waals surface area (Å²) >= 11 is 11.9. The molecule has 2 aromatic rings. The molecule has 25 heavy (non-hydrogen) atoms. The number of anilines is 2. The van der Waals surface area contributed by atoms with Crippen LogP contribution in [0.3, 0.4) is 0 Å². The number of ether oxygens (including phenoxy) is 1. The van der Waals surface area contributed by atoms with Crippen LogP contribution >= 0.6 is 23.2 Å². The molecule has 2 aromatic carbocycles. The lowest BCUT2D eigenvalue weighted by Gasteiger charge is -2.16. The molecule has 1 saturated heterocycles. The number of benzene rings is 2. The van der Waals surface area contributed by atoms with Crippen molar-refractivity contribution in [2.45, 2.75) is 19.4 Å². The summed E-state index contributed by atoms with van der Waals surface area (Å²) in [6.07, 6.45) is 0.0757. The number of halogens is 2. The number of imide groups is 1. The summed E-state index contributed by atoms with van der Waals surface area (Å²) in [5.41, 5.74) is 1.16. The Morgan fingerprint density at radius 2 is 1.84 bits per heavy atom. The molecular weight excluding hydrogens is 363 g/mol. The minimum atomic E-state index is -0.625. The largest absolute Gasteiger partial charge is 0.494 e. The first-order valence-corrected chi connectivity index (χ1v) is 8.56. The van der Waals surface area contributed by atoms with Gasteiger partial charge in [-0.05, 0) is 49.4 Å². The Kier molecular flexibility index (Phi) is 5.16. The van der Waals surface area contributed by atoms with Gasteiger partial charge in [-0.3, -0.25) is 9.59 Å². The van der Waals surface area contributed by atoms with Gasteiger partial charge in [0.15, 0.2) is 0 Å². The fourth-order valence-electron chi connectivity index (χ4n) is 2.66. The van der Waals surface area contributed by atoms with Crippen LogP contribution in [0.1, 0.15) is 13.3 Å². The molecule has 0 radical (unpaired) electrons. The number of rotatable bonds is 5. The Balaban J connectivity index is 1.75. The Bertz CT molecular complexity index is 808. The molecule has 2 amide bonds. The molecule has 0 spiro atoms. The van der Waals surface area contributed by atoms with E-state index in [1.165, 1.54) is 6.07 Å². The molecule has 130 valence electrons. The third kappa shape index (κ3) is 3.72. The van der Waals surface area contributed by atoms with Crippen molar-refractivity contribution in [1.82, 2.24) is 0 Å². The predicted molar refractivity (Wildman–Crippen MR) is 98.6 cm³/mol. The zero-order chi connectivity index (χ0) is 18.0. The Hall–Kier alpha value is -2.24. The van der Waals surface area contributed by atoms with Crippen molar-refractivity contribution in [3.8, 4) is 5.75 Å².